The summed E-state index contributed by atoms with van der Waals surface area (Å²) in [6, 6.07) is -0.280. The normalized spacial score (nSPS) is 24.4. The average molecular weight is 237 g/mol. The van der Waals surface area contributed by atoms with Crippen molar-refractivity contribution in [2.45, 2.75) is 64.6 Å². The highest BCUT2D eigenvalue weighted by Crippen LogP contribution is 2.39. The summed E-state index contributed by atoms with van der Waals surface area (Å²) in [6.45, 7) is 4.43. The van der Waals surface area contributed by atoms with E-state index in [0.717, 1.165) is 25.7 Å². The molecule has 1 unspecified atom stereocenters. The number of hydrogen-bond donors (Lipinski definition) is 1. The van der Waals surface area contributed by atoms with Crippen molar-refractivity contribution in [2.24, 2.45) is 17.1 Å². The highest BCUT2D eigenvalue weighted by Gasteiger charge is 2.33. The maximum Gasteiger partial charge on any atom is 0.389 e. The van der Waals surface area contributed by atoms with Crippen LogP contribution in [0.5, 0.6) is 0 Å². The maximum absolute atomic E-state index is 12.1. The lowest BCUT2D eigenvalue weighted by Crippen LogP contribution is -2.35. The van der Waals surface area contributed by atoms with Gasteiger partial charge in [-0.15, -0.1) is 0 Å². The van der Waals surface area contributed by atoms with E-state index in [4.69, 9.17) is 5.73 Å². The van der Waals surface area contributed by atoms with E-state index >= 15 is 0 Å². The molecule has 1 aliphatic rings. The lowest BCUT2D eigenvalue weighted by Gasteiger charge is -2.37. The van der Waals surface area contributed by atoms with Crippen LogP contribution >= 0.6 is 0 Å². The molecule has 1 fully saturated rings. The van der Waals surface area contributed by atoms with Gasteiger partial charge in [0.1, 0.15) is 0 Å². The lowest BCUT2D eigenvalue weighted by molar-refractivity contribution is -0.137. The summed E-state index contributed by atoms with van der Waals surface area (Å²) in [7, 11) is 0. The van der Waals surface area contributed by atoms with Gasteiger partial charge in [-0.25, -0.2) is 0 Å². The first-order valence-corrected chi connectivity index (χ1v) is 6.02. The van der Waals surface area contributed by atoms with Crippen LogP contribution in [-0.2, 0) is 0 Å². The van der Waals surface area contributed by atoms with Gasteiger partial charge in [0.05, 0.1) is 0 Å². The minimum Gasteiger partial charge on any atom is -0.327 e. The quantitative estimate of drug-likeness (QED) is 0.792. The van der Waals surface area contributed by atoms with Gasteiger partial charge in [-0.3, -0.25) is 0 Å². The van der Waals surface area contributed by atoms with Gasteiger partial charge in [0.25, 0.3) is 0 Å². The Bertz CT molecular complexity index is 213. The highest BCUT2D eigenvalue weighted by atomic mass is 19.4. The van der Waals surface area contributed by atoms with Crippen LogP contribution in [0.15, 0.2) is 0 Å². The second kappa shape index (κ2) is 4.94. The van der Waals surface area contributed by atoms with Crippen molar-refractivity contribution in [1.29, 1.82) is 0 Å². The Kier molecular flexibility index (Phi) is 4.27. The second-order valence-electron chi connectivity index (χ2n) is 5.82. The van der Waals surface area contributed by atoms with E-state index in [0.29, 0.717) is 5.41 Å². The van der Waals surface area contributed by atoms with E-state index in [2.05, 4.69) is 13.8 Å². The minimum absolute atomic E-state index is 0.0780. The smallest absolute Gasteiger partial charge is 0.327 e. The van der Waals surface area contributed by atoms with Crippen LogP contribution in [0.2, 0.25) is 0 Å². The monoisotopic (exact) mass is 237 g/mol. The van der Waals surface area contributed by atoms with Gasteiger partial charge in [-0.05, 0) is 43.4 Å². The summed E-state index contributed by atoms with van der Waals surface area (Å²) >= 11 is 0. The predicted octanol–water partition coefficient (Wildman–Crippen LogP) is 3.87. The molecule has 0 amide bonds. The molecule has 1 aliphatic carbocycles. The highest BCUT2D eigenvalue weighted by molar-refractivity contribution is 4.83. The Balaban J connectivity index is 2.31. The Hall–Kier alpha value is -0.250. The first-order valence-electron chi connectivity index (χ1n) is 6.02. The molecule has 1 nitrogen and oxygen atoms in total. The second-order valence-corrected chi connectivity index (χ2v) is 5.82. The Morgan fingerprint density at radius 1 is 1.25 bits per heavy atom. The number of alkyl halides is 3. The molecule has 4 heteroatoms. The van der Waals surface area contributed by atoms with Crippen molar-refractivity contribution < 1.29 is 13.2 Å². The zero-order valence-electron chi connectivity index (χ0n) is 10.1. The van der Waals surface area contributed by atoms with Crippen molar-refractivity contribution in [2.75, 3.05) is 0 Å². The van der Waals surface area contributed by atoms with Gasteiger partial charge in [0.15, 0.2) is 0 Å². The van der Waals surface area contributed by atoms with Crippen LogP contribution in [0.1, 0.15) is 52.4 Å². The zero-order valence-corrected chi connectivity index (χ0v) is 10.1. The van der Waals surface area contributed by atoms with Crippen LogP contribution in [0.25, 0.3) is 0 Å². The summed E-state index contributed by atoms with van der Waals surface area (Å²) in [5.41, 5.74) is 6.19. The minimum atomic E-state index is -4.06. The molecule has 0 saturated heterocycles. The van der Waals surface area contributed by atoms with Gasteiger partial charge in [0.2, 0.25) is 0 Å². The number of halogens is 3. The van der Waals surface area contributed by atoms with Gasteiger partial charge >= 0.3 is 6.18 Å². The topological polar surface area (TPSA) is 26.0 Å². The van der Waals surface area contributed by atoms with Gasteiger partial charge in [-0.1, -0.05) is 13.8 Å². The van der Waals surface area contributed by atoms with Crippen molar-refractivity contribution in [3.8, 4) is 0 Å². The third kappa shape index (κ3) is 4.73. The van der Waals surface area contributed by atoms with E-state index in [-0.39, 0.29) is 18.4 Å². The molecule has 2 N–H and O–H groups in total. The number of rotatable bonds is 3. The molecule has 0 bridgehead atoms. The molecule has 0 radical (unpaired) electrons. The summed E-state index contributed by atoms with van der Waals surface area (Å²) < 4.78 is 36.2. The van der Waals surface area contributed by atoms with Crippen molar-refractivity contribution in [3.63, 3.8) is 0 Å². The van der Waals surface area contributed by atoms with E-state index in [1.54, 1.807) is 0 Å². The van der Waals surface area contributed by atoms with Crippen LogP contribution in [0.4, 0.5) is 13.2 Å². The van der Waals surface area contributed by atoms with E-state index in [1.807, 2.05) is 0 Å². The Labute approximate surface area is 95.6 Å². The summed E-state index contributed by atoms with van der Waals surface area (Å²) in [6.07, 6.45) is -0.610. The van der Waals surface area contributed by atoms with E-state index < -0.39 is 12.6 Å². The van der Waals surface area contributed by atoms with Crippen LogP contribution < -0.4 is 5.73 Å². The molecule has 0 aromatic heterocycles. The van der Waals surface area contributed by atoms with Gasteiger partial charge < -0.3 is 5.73 Å². The predicted molar refractivity (Wildman–Crippen MR) is 59.0 cm³/mol. The van der Waals surface area contributed by atoms with Crippen LogP contribution in [-0.4, -0.2) is 12.2 Å². The van der Waals surface area contributed by atoms with Gasteiger partial charge in [0, 0.05) is 12.5 Å². The van der Waals surface area contributed by atoms with Crippen molar-refractivity contribution in [3.05, 3.63) is 0 Å². The largest absolute Gasteiger partial charge is 0.389 e. The molecule has 1 saturated carbocycles. The molecule has 0 aliphatic heterocycles. The lowest BCUT2D eigenvalue weighted by atomic mass is 9.71. The van der Waals surface area contributed by atoms with E-state index in [9.17, 15) is 13.2 Å². The molecule has 96 valence electrons. The molecule has 0 aromatic rings. The molecule has 0 aromatic carbocycles. The average Bonchev–Trinajstić information content (AvgIpc) is 2.13. The summed E-state index contributed by atoms with van der Waals surface area (Å²) in [5, 5.41) is 0. The Morgan fingerprint density at radius 2 is 1.75 bits per heavy atom. The molecule has 1 atom stereocenters. The molecule has 0 spiro atoms. The van der Waals surface area contributed by atoms with Crippen LogP contribution in [0, 0.1) is 11.3 Å². The Morgan fingerprint density at radius 3 is 2.19 bits per heavy atom. The SMILES string of the molecule is CC1(C)CCC(C(N)CCC(F)(F)F)CC1. The molecule has 16 heavy (non-hydrogen) atoms. The molecular weight excluding hydrogens is 215 g/mol. The van der Waals surface area contributed by atoms with Crippen molar-refractivity contribution >= 4 is 0 Å². The standard InChI is InChI=1S/C12H22F3N/c1-11(2)6-3-9(4-7-11)10(16)5-8-12(13,14)15/h9-10H,3-8,16H2,1-2H3. The molecule has 1 rings (SSSR count). The first-order chi connectivity index (χ1) is 7.20. The third-order valence-corrected chi connectivity index (χ3v) is 3.75. The molecular formula is C12H22F3N. The first kappa shape index (κ1) is 13.8. The number of hydrogen-bond acceptors (Lipinski definition) is 1. The van der Waals surface area contributed by atoms with Crippen LogP contribution in [0.3, 0.4) is 0 Å². The fourth-order valence-electron chi connectivity index (χ4n) is 2.42. The maximum atomic E-state index is 12.1. The number of nitrogens with two attached hydrogens (primary N) is 1. The summed E-state index contributed by atoms with van der Waals surface area (Å²) in [4.78, 5) is 0. The molecule has 0 heterocycles. The third-order valence-electron chi connectivity index (χ3n) is 3.75. The summed E-state index contributed by atoms with van der Waals surface area (Å²) in [5.74, 6) is 0.287. The van der Waals surface area contributed by atoms with Crippen molar-refractivity contribution in [1.82, 2.24) is 0 Å². The zero-order chi connectivity index (χ0) is 12.4. The van der Waals surface area contributed by atoms with Gasteiger partial charge in [-0.2, -0.15) is 13.2 Å². The fraction of sp³-hybridized carbons (Fsp3) is 1.00. The van der Waals surface area contributed by atoms with E-state index in [1.165, 1.54) is 0 Å². The fourth-order valence-corrected chi connectivity index (χ4v) is 2.42.